The predicted octanol–water partition coefficient (Wildman–Crippen LogP) is 0.784. The maximum Gasteiger partial charge on any atom is 0.220 e. The van der Waals surface area contributed by atoms with Crippen LogP contribution in [0, 0.1) is 13.8 Å². The molecule has 1 aromatic rings. The second-order valence-electron chi connectivity index (χ2n) is 4.11. The van der Waals surface area contributed by atoms with E-state index < -0.39 is 0 Å². The Morgan fingerprint density at radius 3 is 2.88 bits per heavy atom. The summed E-state index contributed by atoms with van der Waals surface area (Å²) in [5, 5.41) is 6.11. The summed E-state index contributed by atoms with van der Waals surface area (Å²) in [6, 6.07) is 0.258. The van der Waals surface area contributed by atoms with Gasteiger partial charge >= 0.3 is 0 Å². The van der Waals surface area contributed by atoms with Gasteiger partial charge in [0.2, 0.25) is 5.91 Å². The number of aryl methyl sites for hydroxylation is 2. The predicted molar refractivity (Wildman–Crippen MR) is 61.2 cm³/mol. The van der Waals surface area contributed by atoms with Crippen molar-refractivity contribution in [1.29, 1.82) is 0 Å². The van der Waals surface area contributed by atoms with Crippen LogP contribution in [0.15, 0.2) is 6.20 Å². The SMILES string of the molecule is Cc1ncc(NC2CCC(=O)NC2)nc1C. The van der Waals surface area contributed by atoms with E-state index in [0.29, 0.717) is 13.0 Å². The van der Waals surface area contributed by atoms with Gasteiger partial charge in [0, 0.05) is 19.0 Å². The van der Waals surface area contributed by atoms with E-state index in [2.05, 4.69) is 20.6 Å². The fourth-order valence-electron chi connectivity index (χ4n) is 1.68. The van der Waals surface area contributed by atoms with E-state index in [4.69, 9.17) is 0 Å². The van der Waals surface area contributed by atoms with Crippen LogP contribution in [0.1, 0.15) is 24.2 Å². The smallest absolute Gasteiger partial charge is 0.220 e. The number of amides is 1. The lowest BCUT2D eigenvalue weighted by Gasteiger charge is -2.23. The average Bonchev–Trinajstić information content (AvgIpc) is 2.27. The Morgan fingerprint density at radius 1 is 1.44 bits per heavy atom. The van der Waals surface area contributed by atoms with Crippen LogP contribution in [0.2, 0.25) is 0 Å². The molecule has 0 saturated carbocycles. The van der Waals surface area contributed by atoms with Crippen molar-refractivity contribution in [2.75, 3.05) is 11.9 Å². The largest absolute Gasteiger partial charge is 0.364 e. The Morgan fingerprint density at radius 2 is 2.25 bits per heavy atom. The maximum absolute atomic E-state index is 11.0. The van der Waals surface area contributed by atoms with E-state index in [9.17, 15) is 4.79 Å². The highest BCUT2D eigenvalue weighted by molar-refractivity contribution is 5.76. The lowest BCUT2D eigenvalue weighted by molar-refractivity contribution is -0.122. The van der Waals surface area contributed by atoms with Gasteiger partial charge in [0.15, 0.2) is 0 Å². The van der Waals surface area contributed by atoms with Crippen LogP contribution in [-0.4, -0.2) is 28.5 Å². The molecule has 0 aliphatic carbocycles. The van der Waals surface area contributed by atoms with E-state index in [0.717, 1.165) is 23.6 Å². The molecular formula is C11H16N4O. The fourth-order valence-corrected chi connectivity index (χ4v) is 1.68. The second-order valence-corrected chi connectivity index (χ2v) is 4.11. The highest BCUT2D eigenvalue weighted by Gasteiger charge is 2.17. The first-order chi connectivity index (χ1) is 7.65. The van der Waals surface area contributed by atoms with Crippen molar-refractivity contribution in [2.24, 2.45) is 0 Å². The van der Waals surface area contributed by atoms with Crippen molar-refractivity contribution in [2.45, 2.75) is 32.7 Å². The highest BCUT2D eigenvalue weighted by Crippen LogP contribution is 2.11. The summed E-state index contributed by atoms with van der Waals surface area (Å²) in [5.74, 6) is 0.911. The number of hydrogen-bond donors (Lipinski definition) is 2. The summed E-state index contributed by atoms with van der Waals surface area (Å²) < 4.78 is 0. The number of carbonyl (C=O) groups excluding carboxylic acids is 1. The molecule has 1 aliphatic heterocycles. The summed E-state index contributed by atoms with van der Waals surface area (Å²) in [4.78, 5) is 19.6. The van der Waals surface area contributed by atoms with E-state index in [1.807, 2.05) is 13.8 Å². The molecule has 2 rings (SSSR count). The second kappa shape index (κ2) is 4.47. The molecule has 1 aliphatic rings. The van der Waals surface area contributed by atoms with Gasteiger partial charge in [-0.05, 0) is 20.3 Å². The number of carbonyl (C=O) groups is 1. The number of aromatic nitrogens is 2. The van der Waals surface area contributed by atoms with Crippen LogP contribution in [0.4, 0.5) is 5.82 Å². The zero-order valence-corrected chi connectivity index (χ0v) is 9.58. The Balaban J connectivity index is 1.98. The average molecular weight is 220 g/mol. The van der Waals surface area contributed by atoms with Crippen molar-refractivity contribution in [3.63, 3.8) is 0 Å². The van der Waals surface area contributed by atoms with Crippen LogP contribution < -0.4 is 10.6 Å². The van der Waals surface area contributed by atoms with Crippen molar-refractivity contribution in [3.8, 4) is 0 Å². The van der Waals surface area contributed by atoms with Crippen LogP contribution in [0.3, 0.4) is 0 Å². The van der Waals surface area contributed by atoms with Gasteiger partial charge in [-0.1, -0.05) is 0 Å². The first kappa shape index (κ1) is 10.9. The number of hydrogen-bond acceptors (Lipinski definition) is 4. The van der Waals surface area contributed by atoms with Crippen molar-refractivity contribution in [3.05, 3.63) is 17.6 Å². The first-order valence-electron chi connectivity index (χ1n) is 5.48. The molecule has 0 radical (unpaired) electrons. The summed E-state index contributed by atoms with van der Waals surface area (Å²) in [7, 11) is 0. The minimum atomic E-state index is 0.129. The standard InChI is InChI=1S/C11H16N4O/c1-7-8(2)14-10(6-12-7)15-9-3-4-11(16)13-5-9/h6,9H,3-5H2,1-2H3,(H,13,16)(H,14,15). The van der Waals surface area contributed by atoms with Gasteiger partial charge in [-0.15, -0.1) is 0 Å². The lowest BCUT2D eigenvalue weighted by Crippen LogP contribution is -2.42. The Labute approximate surface area is 94.7 Å². The number of rotatable bonds is 2. The van der Waals surface area contributed by atoms with Crippen molar-refractivity contribution in [1.82, 2.24) is 15.3 Å². The molecule has 5 nitrogen and oxygen atoms in total. The van der Waals surface area contributed by atoms with Crippen LogP contribution >= 0.6 is 0 Å². The van der Waals surface area contributed by atoms with Gasteiger partial charge in [-0.3, -0.25) is 9.78 Å². The van der Waals surface area contributed by atoms with E-state index >= 15 is 0 Å². The molecule has 1 saturated heterocycles. The molecule has 16 heavy (non-hydrogen) atoms. The number of nitrogens with one attached hydrogen (secondary N) is 2. The monoisotopic (exact) mass is 220 g/mol. The molecule has 1 atom stereocenters. The number of piperidine rings is 1. The summed E-state index contributed by atoms with van der Waals surface area (Å²) in [6.45, 7) is 4.54. The zero-order chi connectivity index (χ0) is 11.5. The maximum atomic E-state index is 11.0. The molecule has 1 fully saturated rings. The third-order valence-corrected chi connectivity index (χ3v) is 2.81. The number of nitrogens with zero attached hydrogens (tertiary/aromatic N) is 2. The molecular weight excluding hydrogens is 204 g/mol. The Hall–Kier alpha value is -1.65. The highest BCUT2D eigenvalue weighted by atomic mass is 16.1. The summed E-state index contributed by atoms with van der Waals surface area (Å²) in [5.41, 5.74) is 1.88. The van der Waals surface area contributed by atoms with Crippen molar-refractivity contribution >= 4 is 11.7 Å². The molecule has 0 spiro atoms. The van der Waals surface area contributed by atoms with Gasteiger partial charge in [0.05, 0.1) is 17.6 Å². The third-order valence-electron chi connectivity index (χ3n) is 2.81. The quantitative estimate of drug-likeness (QED) is 0.773. The van der Waals surface area contributed by atoms with Crippen molar-refractivity contribution < 1.29 is 4.79 Å². The molecule has 1 unspecified atom stereocenters. The van der Waals surface area contributed by atoms with Gasteiger partial charge in [0.25, 0.3) is 0 Å². The van der Waals surface area contributed by atoms with Gasteiger partial charge in [0.1, 0.15) is 5.82 Å². The first-order valence-corrected chi connectivity index (χ1v) is 5.48. The van der Waals surface area contributed by atoms with Crippen LogP contribution in [-0.2, 0) is 4.79 Å². The molecule has 2 heterocycles. The lowest BCUT2D eigenvalue weighted by atomic mass is 10.1. The summed E-state index contributed by atoms with van der Waals surface area (Å²) >= 11 is 0. The third kappa shape index (κ3) is 2.48. The van der Waals surface area contributed by atoms with Crippen LogP contribution in [0.25, 0.3) is 0 Å². The van der Waals surface area contributed by atoms with E-state index in [1.54, 1.807) is 6.20 Å². The Bertz CT molecular complexity index is 395. The van der Waals surface area contributed by atoms with E-state index in [-0.39, 0.29) is 11.9 Å². The molecule has 86 valence electrons. The molecule has 0 bridgehead atoms. The topological polar surface area (TPSA) is 66.9 Å². The molecule has 1 aromatic heterocycles. The van der Waals surface area contributed by atoms with Crippen LogP contribution in [0.5, 0.6) is 0 Å². The molecule has 0 aromatic carbocycles. The van der Waals surface area contributed by atoms with Gasteiger partial charge < -0.3 is 10.6 Å². The minimum absolute atomic E-state index is 0.129. The van der Waals surface area contributed by atoms with E-state index in [1.165, 1.54) is 0 Å². The number of anilines is 1. The molecule has 1 amide bonds. The van der Waals surface area contributed by atoms with Gasteiger partial charge in [-0.25, -0.2) is 4.98 Å². The molecule has 5 heteroatoms. The Kier molecular flexibility index (Phi) is 3.03. The zero-order valence-electron chi connectivity index (χ0n) is 9.58. The molecule has 2 N–H and O–H groups in total. The minimum Gasteiger partial charge on any atom is -0.364 e. The van der Waals surface area contributed by atoms with Gasteiger partial charge in [-0.2, -0.15) is 0 Å². The fraction of sp³-hybridized carbons (Fsp3) is 0.545. The summed E-state index contributed by atoms with van der Waals surface area (Å²) in [6.07, 6.45) is 3.16. The normalized spacial score (nSPS) is 20.4.